The molecule has 0 saturated carbocycles. The fourth-order valence-corrected chi connectivity index (χ4v) is 4.79. The number of carbonyl (C=O) groups is 1. The van der Waals surface area contributed by atoms with Gasteiger partial charge in [0, 0.05) is 42.3 Å². The average molecular weight is 539 g/mol. The number of hydrogen-bond donors (Lipinski definition) is 1. The van der Waals surface area contributed by atoms with Gasteiger partial charge in [-0.2, -0.15) is 0 Å². The Kier molecular flexibility index (Phi) is 7.79. The molecule has 39 heavy (non-hydrogen) atoms. The number of fused-ring (bicyclic) bond motifs is 1. The molecule has 0 unspecified atom stereocenters. The molecule has 198 valence electrons. The van der Waals surface area contributed by atoms with Crippen LogP contribution in [0.5, 0.6) is 0 Å². The van der Waals surface area contributed by atoms with Gasteiger partial charge in [-0.1, -0.05) is 61.3 Å². The molecule has 8 heteroatoms. The number of aromatic nitrogens is 3. The second-order valence-electron chi connectivity index (χ2n) is 9.57. The lowest BCUT2D eigenvalue weighted by Crippen LogP contribution is -2.31. The molecule has 0 atom stereocenters. The van der Waals surface area contributed by atoms with E-state index in [1.165, 1.54) is 4.90 Å². The minimum atomic E-state index is -0.551. The first kappa shape index (κ1) is 26.3. The highest BCUT2D eigenvalue weighted by atomic mass is 35.5. The van der Waals surface area contributed by atoms with Gasteiger partial charge in [0.05, 0.1) is 17.1 Å². The van der Waals surface area contributed by atoms with Crippen LogP contribution in [0, 0.1) is 6.92 Å². The van der Waals surface area contributed by atoms with Crippen molar-refractivity contribution in [1.82, 2.24) is 14.4 Å². The number of hydrogen-bond acceptors (Lipinski definition) is 4. The van der Waals surface area contributed by atoms with Crippen molar-refractivity contribution in [1.29, 1.82) is 0 Å². The molecule has 0 fully saturated rings. The smallest absolute Gasteiger partial charge is 0.323 e. The molecule has 0 aliphatic carbocycles. The molecule has 0 aliphatic heterocycles. The van der Waals surface area contributed by atoms with Crippen molar-refractivity contribution in [2.45, 2.75) is 33.2 Å². The number of anilines is 3. The molecule has 5 aromatic rings. The van der Waals surface area contributed by atoms with Gasteiger partial charge in [-0.05, 0) is 60.9 Å². The van der Waals surface area contributed by atoms with E-state index in [-0.39, 0.29) is 0 Å². The molecule has 2 amide bonds. The lowest BCUT2D eigenvalue weighted by molar-refractivity contribution is 0.256. The van der Waals surface area contributed by atoms with Crippen LogP contribution in [0.25, 0.3) is 16.9 Å². The largest absolute Gasteiger partial charge is 0.351 e. The van der Waals surface area contributed by atoms with Crippen LogP contribution in [0.1, 0.15) is 30.9 Å². The van der Waals surface area contributed by atoms with Gasteiger partial charge >= 0.3 is 6.03 Å². The molecule has 3 aromatic carbocycles. The highest BCUT2D eigenvalue weighted by molar-refractivity contribution is 6.30. The highest BCUT2D eigenvalue weighted by Gasteiger charge is 2.19. The van der Waals surface area contributed by atoms with E-state index < -0.39 is 6.03 Å². The number of primary amides is 1. The van der Waals surface area contributed by atoms with Gasteiger partial charge in [-0.15, -0.1) is 0 Å². The van der Waals surface area contributed by atoms with Crippen LogP contribution in [0.4, 0.5) is 22.0 Å². The average Bonchev–Trinajstić information content (AvgIpc) is 3.41. The number of nitrogens with two attached hydrogens (primary N) is 1. The van der Waals surface area contributed by atoms with E-state index in [0.717, 1.165) is 53.2 Å². The van der Waals surface area contributed by atoms with Crippen molar-refractivity contribution in [2.24, 2.45) is 5.73 Å². The van der Waals surface area contributed by atoms with E-state index in [0.29, 0.717) is 22.9 Å². The van der Waals surface area contributed by atoms with E-state index in [9.17, 15) is 4.79 Å². The Bertz CT molecular complexity index is 1600. The summed E-state index contributed by atoms with van der Waals surface area (Å²) in [7, 11) is 0. The minimum Gasteiger partial charge on any atom is -0.351 e. The van der Waals surface area contributed by atoms with Gasteiger partial charge in [0.1, 0.15) is 0 Å². The van der Waals surface area contributed by atoms with Crippen molar-refractivity contribution < 1.29 is 4.79 Å². The monoisotopic (exact) mass is 538 g/mol. The molecule has 0 radical (unpaired) electrons. The molecule has 2 heterocycles. The molecule has 0 saturated heterocycles. The molecule has 0 aliphatic rings. The topological polar surface area (TPSA) is 79.8 Å². The number of imidazole rings is 1. The molecule has 0 bridgehead atoms. The quantitative estimate of drug-likeness (QED) is 0.212. The van der Waals surface area contributed by atoms with Crippen LogP contribution in [0.3, 0.4) is 0 Å². The number of benzene rings is 3. The molecule has 2 N–H and O–H groups in total. The van der Waals surface area contributed by atoms with Crippen molar-refractivity contribution in [3.63, 3.8) is 0 Å². The summed E-state index contributed by atoms with van der Waals surface area (Å²) in [6.45, 7) is 5.68. The van der Waals surface area contributed by atoms with Crippen LogP contribution < -0.4 is 15.5 Å². The maximum atomic E-state index is 12.5. The van der Waals surface area contributed by atoms with E-state index in [1.807, 2.05) is 96.5 Å². The normalized spacial score (nSPS) is 11.1. The summed E-state index contributed by atoms with van der Waals surface area (Å²) in [6, 6.07) is 22.8. The van der Waals surface area contributed by atoms with Crippen molar-refractivity contribution >= 4 is 40.5 Å². The fourth-order valence-electron chi connectivity index (χ4n) is 4.66. The highest BCUT2D eigenvalue weighted by Crippen LogP contribution is 2.31. The van der Waals surface area contributed by atoms with Gasteiger partial charge in [0.15, 0.2) is 11.5 Å². The van der Waals surface area contributed by atoms with Crippen LogP contribution in [0.15, 0.2) is 91.4 Å². The molecule has 2 aromatic heterocycles. The lowest BCUT2D eigenvalue weighted by atomic mass is 10.1. The maximum absolute atomic E-state index is 12.5. The van der Waals surface area contributed by atoms with Crippen molar-refractivity contribution in [2.75, 3.05) is 16.3 Å². The number of urea groups is 1. The standard InChI is InChI=1S/C31H31ClN6O/c1-3-4-16-36(20-23-11-13-25(32)14-12-23)30-29-34-15-17-37(29)21-28(35-30)24-8-6-10-27(19-24)38(31(33)39)26-9-5-7-22(2)18-26/h5-15,17-19,21H,3-4,16,20H2,1-2H3,(H2,33,39). The second kappa shape index (κ2) is 11.6. The Balaban J connectivity index is 1.57. The Morgan fingerprint density at radius 2 is 1.77 bits per heavy atom. The predicted molar refractivity (Wildman–Crippen MR) is 159 cm³/mol. The number of aryl methyl sites for hydroxylation is 1. The van der Waals surface area contributed by atoms with E-state index in [2.05, 4.69) is 16.8 Å². The first-order chi connectivity index (χ1) is 18.9. The number of unbranched alkanes of at least 4 members (excludes halogenated alkanes) is 1. The number of halogens is 1. The van der Waals surface area contributed by atoms with Gasteiger partial charge in [0.2, 0.25) is 0 Å². The van der Waals surface area contributed by atoms with Gasteiger partial charge in [-0.25, -0.2) is 14.8 Å². The SMILES string of the molecule is CCCCN(Cc1ccc(Cl)cc1)c1nc(-c2cccc(N(C(N)=O)c3cccc(C)c3)c2)cn2ccnc12. The zero-order chi connectivity index (χ0) is 27.4. The molecule has 7 nitrogen and oxygen atoms in total. The summed E-state index contributed by atoms with van der Waals surface area (Å²) in [5.41, 5.74) is 11.8. The molecular formula is C31H31ClN6O. The van der Waals surface area contributed by atoms with Gasteiger partial charge in [-0.3, -0.25) is 4.90 Å². The van der Waals surface area contributed by atoms with Gasteiger partial charge < -0.3 is 15.0 Å². The first-order valence-electron chi connectivity index (χ1n) is 13.0. The van der Waals surface area contributed by atoms with E-state index in [4.69, 9.17) is 22.3 Å². The zero-order valence-corrected chi connectivity index (χ0v) is 22.8. The Hall–Kier alpha value is -4.36. The third-order valence-corrected chi connectivity index (χ3v) is 6.86. The summed E-state index contributed by atoms with van der Waals surface area (Å²) in [6.07, 6.45) is 7.76. The van der Waals surface area contributed by atoms with Crippen LogP contribution >= 0.6 is 11.6 Å². The summed E-state index contributed by atoms with van der Waals surface area (Å²) in [5, 5.41) is 0.713. The third kappa shape index (κ3) is 5.89. The van der Waals surface area contributed by atoms with Crippen LogP contribution in [0.2, 0.25) is 5.02 Å². The maximum Gasteiger partial charge on any atom is 0.323 e. The molecule has 0 spiro atoms. The third-order valence-electron chi connectivity index (χ3n) is 6.60. The Morgan fingerprint density at radius 3 is 2.49 bits per heavy atom. The lowest BCUT2D eigenvalue weighted by Gasteiger charge is -2.25. The van der Waals surface area contributed by atoms with Crippen LogP contribution in [-0.4, -0.2) is 26.9 Å². The van der Waals surface area contributed by atoms with Crippen LogP contribution in [-0.2, 0) is 6.54 Å². The second-order valence-corrected chi connectivity index (χ2v) is 10.0. The zero-order valence-electron chi connectivity index (χ0n) is 22.1. The van der Waals surface area contributed by atoms with Gasteiger partial charge in [0.25, 0.3) is 0 Å². The fraction of sp³-hybridized carbons (Fsp3) is 0.194. The Labute approximate surface area is 233 Å². The molecular weight excluding hydrogens is 508 g/mol. The summed E-state index contributed by atoms with van der Waals surface area (Å²) in [4.78, 5) is 26.1. The molecule has 5 rings (SSSR count). The number of carbonyl (C=O) groups excluding carboxylic acids is 1. The minimum absolute atomic E-state index is 0.551. The summed E-state index contributed by atoms with van der Waals surface area (Å²) >= 11 is 6.13. The van der Waals surface area contributed by atoms with Crippen molar-refractivity contribution in [3.05, 3.63) is 108 Å². The number of rotatable bonds is 9. The number of nitrogens with zero attached hydrogens (tertiary/aromatic N) is 5. The Morgan fingerprint density at radius 1 is 1.03 bits per heavy atom. The van der Waals surface area contributed by atoms with E-state index >= 15 is 0 Å². The summed E-state index contributed by atoms with van der Waals surface area (Å²) in [5.74, 6) is 0.803. The van der Waals surface area contributed by atoms with E-state index in [1.54, 1.807) is 6.20 Å². The number of amides is 2. The van der Waals surface area contributed by atoms with Crippen molar-refractivity contribution in [3.8, 4) is 11.3 Å². The first-order valence-corrected chi connectivity index (χ1v) is 13.4. The summed E-state index contributed by atoms with van der Waals surface area (Å²) < 4.78 is 2.00. The predicted octanol–water partition coefficient (Wildman–Crippen LogP) is 7.38.